The molecule has 4 N–H and O–H groups in total. The van der Waals surface area contributed by atoms with Gasteiger partial charge in [-0.25, -0.2) is 5.84 Å². The molecule has 0 aromatic heterocycles. The van der Waals surface area contributed by atoms with Gasteiger partial charge in [0.1, 0.15) is 0 Å². The summed E-state index contributed by atoms with van der Waals surface area (Å²) in [7, 11) is 0. The van der Waals surface area contributed by atoms with Crippen molar-refractivity contribution in [3.05, 3.63) is 0 Å². The van der Waals surface area contributed by atoms with Crippen LogP contribution in [0.25, 0.3) is 0 Å². The van der Waals surface area contributed by atoms with E-state index in [0.717, 1.165) is 25.7 Å². The van der Waals surface area contributed by atoms with E-state index in [2.05, 4.69) is 17.2 Å². The molecule has 1 saturated carbocycles. The number of nitrogens with two attached hydrogens (primary N) is 1. The highest BCUT2D eigenvalue weighted by Gasteiger charge is 2.30. The summed E-state index contributed by atoms with van der Waals surface area (Å²) in [5.74, 6) is 5.15. The second kappa shape index (κ2) is 8.45. The standard InChI is InChI=1S/C13H27N3O2/c1-2-6-12(13(18)15-14)16(9-10-17)11-7-4-3-5-8-11/h11-12,17H,2-10,14H2,1H3,(H,15,18). The van der Waals surface area contributed by atoms with E-state index < -0.39 is 0 Å². The highest BCUT2D eigenvalue weighted by molar-refractivity contribution is 5.81. The minimum absolute atomic E-state index is 0.0918. The normalized spacial score (nSPS) is 18.9. The van der Waals surface area contributed by atoms with Gasteiger partial charge in [-0.3, -0.25) is 15.1 Å². The molecule has 1 aliphatic carbocycles. The Morgan fingerprint density at radius 1 is 1.44 bits per heavy atom. The van der Waals surface area contributed by atoms with Gasteiger partial charge in [0.15, 0.2) is 0 Å². The summed E-state index contributed by atoms with van der Waals surface area (Å²) in [4.78, 5) is 14.1. The summed E-state index contributed by atoms with van der Waals surface area (Å²) in [6.07, 6.45) is 7.69. The average Bonchev–Trinajstić information content (AvgIpc) is 2.43. The Kier molecular flexibility index (Phi) is 7.23. The van der Waals surface area contributed by atoms with Crippen molar-refractivity contribution in [1.82, 2.24) is 10.3 Å². The van der Waals surface area contributed by atoms with E-state index in [0.29, 0.717) is 12.6 Å². The van der Waals surface area contributed by atoms with Crippen molar-refractivity contribution in [3.63, 3.8) is 0 Å². The molecule has 18 heavy (non-hydrogen) atoms. The zero-order valence-corrected chi connectivity index (χ0v) is 11.4. The topological polar surface area (TPSA) is 78.6 Å². The Hall–Kier alpha value is -0.650. The molecule has 5 heteroatoms. The molecule has 0 spiro atoms. The van der Waals surface area contributed by atoms with E-state index in [9.17, 15) is 9.90 Å². The lowest BCUT2D eigenvalue weighted by atomic mass is 9.92. The summed E-state index contributed by atoms with van der Waals surface area (Å²) < 4.78 is 0. The van der Waals surface area contributed by atoms with Crippen LogP contribution in [-0.2, 0) is 4.79 Å². The monoisotopic (exact) mass is 257 g/mol. The predicted molar refractivity (Wildman–Crippen MR) is 71.7 cm³/mol. The van der Waals surface area contributed by atoms with Crippen LogP contribution in [0.2, 0.25) is 0 Å². The van der Waals surface area contributed by atoms with E-state index >= 15 is 0 Å². The lowest BCUT2D eigenvalue weighted by Crippen LogP contribution is -2.54. The minimum atomic E-state index is -0.199. The first-order valence-electron chi connectivity index (χ1n) is 7.11. The van der Waals surface area contributed by atoms with Crippen LogP contribution in [0.4, 0.5) is 0 Å². The summed E-state index contributed by atoms with van der Waals surface area (Å²) in [5.41, 5.74) is 2.27. The van der Waals surface area contributed by atoms with Gasteiger partial charge in [0.05, 0.1) is 12.6 Å². The van der Waals surface area contributed by atoms with Crippen LogP contribution in [0, 0.1) is 0 Å². The number of rotatable bonds is 7. The molecule has 0 heterocycles. The molecule has 1 amide bonds. The van der Waals surface area contributed by atoms with Crippen LogP contribution in [0.15, 0.2) is 0 Å². The molecule has 0 aliphatic heterocycles. The fourth-order valence-corrected chi connectivity index (χ4v) is 2.94. The molecular weight excluding hydrogens is 230 g/mol. The smallest absolute Gasteiger partial charge is 0.251 e. The third-order valence-electron chi connectivity index (χ3n) is 3.81. The molecule has 0 radical (unpaired) electrons. The summed E-state index contributed by atoms with van der Waals surface area (Å²) >= 11 is 0. The molecule has 1 fully saturated rings. The van der Waals surface area contributed by atoms with E-state index in [1.807, 2.05) is 0 Å². The second-order valence-corrected chi connectivity index (χ2v) is 5.07. The summed E-state index contributed by atoms with van der Waals surface area (Å²) in [5, 5.41) is 9.23. The number of carbonyl (C=O) groups is 1. The molecule has 0 aromatic rings. The van der Waals surface area contributed by atoms with Crippen LogP contribution in [-0.4, -0.2) is 41.1 Å². The first-order valence-corrected chi connectivity index (χ1v) is 7.11. The average molecular weight is 257 g/mol. The lowest BCUT2D eigenvalue weighted by Gasteiger charge is -2.38. The molecule has 1 unspecified atom stereocenters. The van der Waals surface area contributed by atoms with Crippen LogP contribution < -0.4 is 11.3 Å². The highest BCUT2D eigenvalue weighted by Crippen LogP contribution is 2.25. The van der Waals surface area contributed by atoms with Gasteiger partial charge in [-0.1, -0.05) is 32.6 Å². The Morgan fingerprint density at radius 3 is 2.61 bits per heavy atom. The zero-order valence-electron chi connectivity index (χ0n) is 11.4. The van der Waals surface area contributed by atoms with Crippen molar-refractivity contribution in [3.8, 4) is 0 Å². The number of hydrogen-bond donors (Lipinski definition) is 3. The third kappa shape index (κ3) is 4.23. The van der Waals surface area contributed by atoms with Gasteiger partial charge in [-0.2, -0.15) is 0 Å². The molecule has 0 aromatic carbocycles. The summed E-state index contributed by atoms with van der Waals surface area (Å²) in [6.45, 7) is 2.71. The van der Waals surface area contributed by atoms with Crippen LogP contribution in [0.1, 0.15) is 51.9 Å². The third-order valence-corrected chi connectivity index (χ3v) is 3.81. The SMILES string of the molecule is CCCC(C(=O)NN)N(CCO)C1CCCCC1. The maximum Gasteiger partial charge on any atom is 0.251 e. The van der Waals surface area contributed by atoms with Gasteiger partial charge < -0.3 is 5.11 Å². The van der Waals surface area contributed by atoms with E-state index in [1.165, 1.54) is 19.3 Å². The maximum absolute atomic E-state index is 11.9. The number of amides is 1. The van der Waals surface area contributed by atoms with E-state index in [4.69, 9.17) is 5.84 Å². The number of aliphatic hydroxyl groups is 1. The van der Waals surface area contributed by atoms with Crippen molar-refractivity contribution >= 4 is 5.91 Å². The predicted octanol–water partition coefficient (Wildman–Crippen LogP) is 0.772. The highest BCUT2D eigenvalue weighted by atomic mass is 16.3. The lowest BCUT2D eigenvalue weighted by molar-refractivity contribution is -0.128. The second-order valence-electron chi connectivity index (χ2n) is 5.07. The number of aliphatic hydroxyl groups excluding tert-OH is 1. The van der Waals surface area contributed by atoms with Crippen LogP contribution in [0.3, 0.4) is 0 Å². The molecule has 1 atom stereocenters. The van der Waals surface area contributed by atoms with Crippen molar-refractivity contribution in [2.45, 2.75) is 64.0 Å². The number of nitrogens with one attached hydrogen (secondary N) is 1. The molecular formula is C13H27N3O2. The number of carbonyl (C=O) groups excluding carboxylic acids is 1. The Balaban J connectivity index is 2.73. The number of hydrazine groups is 1. The maximum atomic E-state index is 11.9. The Morgan fingerprint density at radius 2 is 2.11 bits per heavy atom. The summed E-state index contributed by atoms with van der Waals surface area (Å²) in [6, 6.07) is 0.218. The Labute approximate surface area is 110 Å². The van der Waals surface area contributed by atoms with Gasteiger partial charge in [0, 0.05) is 12.6 Å². The van der Waals surface area contributed by atoms with Crippen molar-refractivity contribution in [2.24, 2.45) is 5.84 Å². The van der Waals surface area contributed by atoms with Crippen molar-refractivity contribution in [1.29, 1.82) is 0 Å². The Bertz CT molecular complexity index is 242. The van der Waals surface area contributed by atoms with Gasteiger partial charge >= 0.3 is 0 Å². The quantitative estimate of drug-likeness (QED) is 0.358. The van der Waals surface area contributed by atoms with E-state index in [1.54, 1.807) is 0 Å². The zero-order chi connectivity index (χ0) is 13.4. The molecule has 1 aliphatic rings. The molecule has 1 rings (SSSR count). The molecule has 5 nitrogen and oxygen atoms in total. The largest absolute Gasteiger partial charge is 0.395 e. The van der Waals surface area contributed by atoms with Gasteiger partial charge in [0.2, 0.25) is 0 Å². The van der Waals surface area contributed by atoms with E-state index in [-0.39, 0.29) is 18.6 Å². The van der Waals surface area contributed by atoms with Gasteiger partial charge in [-0.05, 0) is 19.3 Å². The van der Waals surface area contributed by atoms with Gasteiger partial charge in [0.25, 0.3) is 5.91 Å². The number of hydrogen-bond acceptors (Lipinski definition) is 4. The fraction of sp³-hybridized carbons (Fsp3) is 0.923. The number of nitrogens with zero attached hydrogens (tertiary/aromatic N) is 1. The molecule has 0 saturated heterocycles. The fourth-order valence-electron chi connectivity index (χ4n) is 2.94. The minimum Gasteiger partial charge on any atom is -0.395 e. The van der Waals surface area contributed by atoms with Crippen molar-refractivity contribution in [2.75, 3.05) is 13.2 Å². The van der Waals surface area contributed by atoms with Gasteiger partial charge in [-0.15, -0.1) is 0 Å². The first kappa shape index (κ1) is 15.4. The van der Waals surface area contributed by atoms with Crippen LogP contribution in [0.5, 0.6) is 0 Å². The van der Waals surface area contributed by atoms with Crippen molar-refractivity contribution < 1.29 is 9.90 Å². The van der Waals surface area contributed by atoms with Crippen LogP contribution >= 0.6 is 0 Å². The first-order chi connectivity index (χ1) is 8.74. The molecule has 0 bridgehead atoms. The molecule has 106 valence electrons.